The number of carbonyl (C=O) groups excluding carboxylic acids is 1. The first-order valence-corrected chi connectivity index (χ1v) is 12.0. The highest BCUT2D eigenvalue weighted by atomic mass is 16.5. The number of likely N-dealkylation sites (tertiary alicyclic amines) is 1. The van der Waals surface area contributed by atoms with Crippen LogP contribution < -0.4 is 4.90 Å². The van der Waals surface area contributed by atoms with Gasteiger partial charge in [0.05, 0.1) is 17.0 Å². The third kappa shape index (κ3) is 4.37. The van der Waals surface area contributed by atoms with Gasteiger partial charge in [0.25, 0.3) is 5.91 Å². The minimum atomic E-state index is -0.244. The molecule has 8 nitrogen and oxygen atoms in total. The van der Waals surface area contributed by atoms with Gasteiger partial charge in [-0.15, -0.1) is 0 Å². The van der Waals surface area contributed by atoms with E-state index < -0.39 is 0 Å². The predicted octanol–water partition coefficient (Wildman–Crippen LogP) is 3.56. The number of rotatable bonds is 4. The summed E-state index contributed by atoms with van der Waals surface area (Å²) >= 11 is 0. The number of amides is 1. The Kier molecular flexibility index (Phi) is 6.13. The Morgan fingerprint density at radius 1 is 1.12 bits per heavy atom. The smallest absolute Gasteiger partial charge is 0.251 e. The molecule has 0 aromatic carbocycles. The van der Waals surface area contributed by atoms with Gasteiger partial charge in [0, 0.05) is 51.0 Å². The zero-order valence-electron chi connectivity index (χ0n) is 19.1. The summed E-state index contributed by atoms with van der Waals surface area (Å²) in [5.41, 5.74) is 2.79. The van der Waals surface area contributed by atoms with Gasteiger partial charge in [-0.2, -0.15) is 0 Å². The van der Waals surface area contributed by atoms with Gasteiger partial charge in [0.1, 0.15) is 6.10 Å². The molecule has 0 saturated carbocycles. The van der Waals surface area contributed by atoms with Crippen molar-refractivity contribution in [1.82, 2.24) is 20.0 Å². The summed E-state index contributed by atoms with van der Waals surface area (Å²) < 4.78 is 11.2. The Hall–Kier alpha value is -2.48. The molecule has 5 heterocycles. The standard InChI is InChI=1S/C24H33N5O3/c1-16-5-3-9-29(15-16)24-25-14-19(21-13-17(2)27-32-21)22(26-24)18-7-10-28(11-8-18)23(30)20-6-4-12-31-20/h13-14,16,18,20H,3-12,15H2,1-2H3/t16-,20+/m1/s1. The summed E-state index contributed by atoms with van der Waals surface area (Å²) in [5.74, 6) is 2.59. The van der Waals surface area contributed by atoms with E-state index in [9.17, 15) is 4.79 Å². The quantitative estimate of drug-likeness (QED) is 0.720. The Labute approximate surface area is 189 Å². The minimum absolute atomic E-state index is 0.151. The lowest BCUT2D eigenvalue weighted by atomic mass is 9.90. The fraction of sp³-hybridized carbons (Fsp3) is 0.667. The number of hydrogen-bond donors (Lipinski definition) is 0. The van der Waals surface area contributed by atoms with E-state index in [-0.39, 0.29) is 17.9 Å². The van der Waals surface area contributed by atoms with Gasteiger partial charge in [-0.3, -0.25) is 4.79 Å². The summed E-state index contributed by atoms with van der Waals surface area (Å²) in [4.78, 5) is 26.9. The van der Waals surface area contributed by atoms with Crippen LogP contribution >= 0.6 is 0 Å². The van der Waals surface area contributed by atoms with E-state index in [1.54, 1.807) is 0 Å². The molecule has 2 atom stereocenters. The lowest BCUT2D eigenvalue weighted by Gasteiger charge is -2.34. The fourth-order valence-corrected chi connectivity index (χ4v) is 5.25. The zero-order valence-corrected chi connectivity index (χ0v) is 19.1. The van der Waals surface area contributed by atoms with Crippen LogP contribution in [0.2, 0.25) is 0 Å². The van der Waals surface area contributed by atoms with Gasteiger partial charge in [0.2, 0.25) is 5.95 Å². The van der Waals surface area contributed by atoms with Crippen LogP contribution in [0.1, 0.15) is 62.8 Å². The maximum Gasteiger partial charge on any atom is 0.251 e. The monoisotopic (exact) mass is 439 g/mol. The minimum Gasteiger partial charge on any atom is -0.368 e. The molecule has 0 radical (unpaired) electrons. The van der Waals surface area contributed by atoms with Gasteiger partial charge >= 0.3 is 0 Å². The molecule has 2 aromatic heterocycles. The van der Waals surface area contributed by atoms with Crippen molar-refractivity contribution in [3.8, 4) is 11.3 Å². The Balaban J connectivity index is 1.38. The van der Waals surface area contributed by atoms with Crippen molar-refractivity contribution in [3.05, 3.63) is 23.7 Å². The van der Waals surface area contributed by atoms with Crippen LogP contribution in [-0.2, 0) is 9.53 Å². The van der Waals surface area contributed by atoms with Crippen LogP contribution in [0.25, 0.3) is 11.3 Å². The lowest BCUT2D eigenvalue weighted by molar-refractivity contribution is -0.142. The number of carbonyl (C=O) groups is 1. The topological polar surface area (TPSA) is 84.6 Å². The van der Waals surface area contributed by atoms with Crippen molar-refractivity contribution in [2.45, 2.75) is 64.4 Å². The van der Waals surface area contributed by atoms with E-state index in [0.29, 0.717) is 18.3 Å². The molecular formula is C24H33N5O3. The maximum absolute atomic E-state index is 12.8. The molecule has 2 aromatic rings. The lowest BCUT2D eigenvalue weighted by Crippen LogP contribution is -2.43. The normalized spacial score (nSPS) is 24.8. The molecule has 0 spiro atoms. The first-order chi connectivity index (χ1) is 15.6. The Bertz CT molecular complexity index is 947. The van der Waals surface area contributed by atoms with E-state index in [1.807, 2.05) is 24.1 Å². The highest BCUT2D eigenvalue weighted by Crippen LogP contribution is 2.36. The average molecular weight is 440 g/mol. The van der Waals surface area contributed by atoms with Crippen LogP contribution in [0.3, 0.4) is 0 Å². The molecule has 1 amide bonds. The molecule has 0 bridgehead atoms. The summed E-state index contributed by atoms with van der Waals surface area (Å²) in [6.07, 6.45) is 7.68. The van der Waals surface area contributed by atoms with Gasteiger partial charge in [0.15, 0.2) is 5.76 Å². The largest absolute Gasteiger partial charge is 0.368 e. The van der Waals surface area contributed by atoms with E-state index >= 15 is 0 Å². The van der Waals surface area contributed by atoms with Crippen LogP contribution in [0.15, 0.2) is 16.8 Å². The second kappa shape index (κ2) is 9.17. The number of ether oxygens (including phenoxy) is 1. The van der Waals surface area contributed by atoms with E-state index in [0.717, 1.165) is 74.8 Å². The van der Waals surface area contributed by atoms with Gasteiger partial charge < -0.3 is 19.1 Å². The first kappa shape index (κ1) is 21.4. The SMILES string of the molecule is Cc1cc(-c2cnc(N3CCC[C@@H](C)C3)nc2C2CCN(C(=O)[C@@H]3CCCO3)CC2)on1. The molecule has 32 heavy (non-hydrogen) atoms. The van der Waals surface area contributed by atoms with Crippen molar-refractivity contribution in [2.75, 3.05) is 37.7 Å². The Morgan fingerprint density at radius 2 is 1.97 bits per heavy atom. The molecule has 0 aliphatic carbocycles. The molecular weight excluding hydrogens is 406 g/mol. The van der Waals surface area contributed by atoms with Crippen molar-refractivity contribution in [2.24, 2.45) is 5.92 Å². The van der Waals surface area contributed by atoms with Crippen molar-refractivity contribution in [1.29, 1.82) is 0 Å². The molecule has 3 aliphatic rings. The maximum atomic E-state index is 12.8. The number of aryl methyl sites for hydroxylation is 1. The molecule has 172 valence electrons. The second-order valence-corrected chi connectivity index (χ2v) is 9.60. The number of anilines is 1. The van der Waals surface area contributed by atoms with Crippen LogP contribution in [-0.4, -0.2) is 64.8 Å². The van der Waals surface area contributed by atoms with Gasteiger partial charge in [-0.05, 0) is 51.4 Å². The van der Waals surface area contributed by atoms with Crippen molar-refractivity contribution in [3.63, 3.8) is 0 Å². The van der Waals surface area contributed by atoms with Crippen LogP contribution in [0.4, 0.5) is 5.95 Å². The van der Waals surface area contributed by atoms with Crippen molar-refractivity contribution >= 4 is 11.9 Å². The van der Waals surface area contributed by atoms with E-state index in [1.165, 1.54) is 12.8 Å². The average Bonchev–Trinajstić information content (AvgIpc) is 3.50. The highest BCUT2D eigenvalue weighted by molar-refractivity contribution is 5.81. The molecule has 0 unspecified atom stereocenters. The molecule has 8 heteroatoms. The number of piperidine rings is 2. The molecule has 3 saturated heterocycles. The fourth-order valence-electron chi connectivity index (χ4n) is 5.25. The number of aromatic nitrogens is 3. The van der Waals surface area contributed by atoms with E-state index in [2.05, 4.69) is 17.0 Å². The third-order valence-electron chi connectivity index (χ3n) is 7.04. The van der Waals surface area contributed by atoms with Crippen LogP contribution in [0, 0.1) is 12.8 Å². The number of nitrogens with zero attached hydrogens (tertiary/aromatic N) is 5. The van der Waals surface area contributed by atoms with Crippen molar-refractivity contribution < 1.29 is 14.1 Å². The van der Waals surface area contributed by atoms with Crippen LogP contribution in [0.5, 0.6) is 0 Å². The molecule has 0 N–H and O–H groups in total. The highest BCUT2D eigenvalue weighted by Gasteiger charge is 2.33. The predicted molar refractivity (Wildman–Crippen MR) is 120 cm³/mol. The molecule has 3 fully saturated rings. The first-order valence-electron chi connectivity index (χ1n) is 12.0. The van der Waals surface area contributed by atoms with Gasteiger partial charge in [-0.1, -0.05) is 12.1 Å². The molecule has 3 aliphatic heterocycles. The van der Waals surface area contributed by atoms with E-state index in [4.69, 9.17) is 19.2 Å². The van der Waals surface area contributed by atoms with Gasteiger partial charge in [-0.25, -0.2) is 9.97 Å². The summed E-state index contributed by atoms with van der Waals surface area (Å²) in [5, 5.41) is 4.07. The zero-order chi connectivity index (χ0) is 22.1. The summed E-state index contributed by atoms with van der Waals surface area (Å²) in [7, 11) is 0. The third-order valence-corrected chi connectivity index (χ3v) is 7.04. The number of hydrogen-bond acceptors (Lipinski definition) is 7. The Morgan fingerprint density at radius 3 is 2.66 bits per heavy atom. The molecule has 5 rings (SSSR count). The summed E-state index contributed by atoms with van der Waals surface area (Å²) in [6, 6.07) is 1.95. The summed E-state index contributed by atoms with van der Waals surface area (Å²) in [6.45, 7) is 8.38. The second-order valence-electron chi connectivity index (χ2n) is 9.60.